The lowest BCUT2D eigenvalue weighted by Gasteiger charge is -2.44. The van der Waals surface area contributed by atoms with E-state index in [1.807, 2.05) is 85.5 Å². The number of hydrogen-bond donors (Lipinski definition) is 1. The second kappa shape index (κ2) is 12.3. The number of esters is 1. The SMILES string of the molecule is CCCCC1=C(Cc2cccc(C(=O)OC)c2)C(C)(C=O)N(c2ccc(-c3ccccc3)c(-c3nn[nH]n3)c2)C(C)=N1. The Balaban J connectivity index is 1.64. The number of aromatic nitrogens is 4. The quantitative estimate of drug-likeness (QED) is 0.181. The number of aldehydes is 1. The number of H-pyrrole nitrogens is 1. The summed E-state index contributed by atoms with van der Waals surface area (Å²) < 4.78 is 4.94. The lowest BCUT2D eigenvalue weighted by molar-refractivity contribution is -0.110. The van der Waals surface area contributed by atoms with Crippen LogP contribution >= 0.6 is 0 Å². The van der Waals surface area contributed by atoms with Crippen molar-refractivity contribution in [2.75, 3.05) is 12.0 Å². The molecule has 1 N–H and O–H groups in total. The van der Waals surface area contributed by atoms with Gasteiger partial charge in [-0.15, -0.1) is 10.2 Å². The average Bonchev–Trinajstić information content (AvgIpc) is 3.57. The molecule has 9 heteroatoms. The van der Waals surface area contributed by atoms with Crippen LogP contribution in [-0.2, 0) is 16.0 Å². The molecule has 0 amide bonds. The summed E-state index contributed by atoms with van der Waals surface area (Å²) >= 11 is 0. The molecule has 9 nitrogen and oxygen atoms in total. The molecule has 0 fully saturated rings. The van der Waals surface area contributed by atoms with Gasteiger partial charge in [-0.1, -0.05) is 61.9 Å². The monoisotopic (exact) mass is 562 g/mol. The number of amidine groups is 1. The van der Waals surface area contributed by atoms with E-state index in [-0.39, 0.29) is 0 Å². The topological polar surface area (TPSA) is 113 Å². The van der Waals surface area contributed by atoms with Crippen molar-refractivity contribution in [3.05, 3.63) is 95.2 Å². The molecule has 42 heavy (non-hydrogen) atoms. The number of rotatable bonds is 10. The van der Waals surface area contributed by atoms with Crippen molar-refractivity contribution in [3.8, 4) is 22.5 Å². The first-order valence-corrected chi connectivity index (χ1v) is 14.0. The van der Waals surface area contributed by atoms with Crippen LogP contribution in [0.1, 0.15) is 56.0 Å². The van der Waals surface area contributed by atoms with Gasteiger partial charge in [0.1, 0.15) is 17.7 Å². The molecular weight excluding hydrogens is 528 g/mol. The molecule has 1 aromatic heterocycles. The van der Waals surface area contributed by atoms with Crippen molar-refractivity contribution in [2.24, 2.45) is 4.99 Å². The van der Waals surface area contributed by atoms with Crippen molar-refractivity contribution in [2.45, 2.75) is 52.0 Å². The molecule has 1 aliphatic heterocycles. The van der Waals surface area contributed by atoms with Gasteiger partial charge in [0.15, 0.2) is 0 Å². The predicted molar refractivity (Wildman–Crippen MR) is 163 cm³/mol. The Morgan fingerprint density at radius 3 is 2.55 bits per heavy atom. The van der Waals surface area contributed by atoms with E-state index in [1.54, 1.807) is 6.07 Å². The van der Waals surface area contributed by atoms with Crippen LogP contribution in [0, 0.1) is 0 Å². The van der Waals surface area contributed by atoms with Crippen LogP contribution in [0.25, 0.3) is 22.5 Å². The van der Waals surface area contributed by atoms with Gasteiger partial charge in [0.25, 0.3) is 0 Å². The Hall–Kier alpha value is -4.92. The number of aromatic amines is 1. The van der Waals surface area contributed by atoms with Gasteiger partial charge < -0.3 is 14.4 Å². The van der Waals surface area contributed by atoms with Crippen LogP contribution in [0.5, 0.6) is 0 Å². The Labute approximate surface area is 245 Å². The predicted octanol–water partition coefficient (Wildman–Crippen LogP) is 6.20. The number of allylic oxidation sites excluding steroid dienone is 1. The summed E-state index contributed by atoms with van der Waals surface area (Å²) in [4.78, 5) is 32.5. The third-order valence-corrected chi connectivity index (χ3v) is 7.70. The Kier molecular flexibility index (Phi) is 8.38. The molecule has 214 valence electrons. The van der Waals surface area contributed by atoms with Gasteiger partial charge in [-0.05, 0) is 84.9 Å². The molecule has 0 bridgehead atoms. The summed E-state index contributed by atoms with van der Waals surface area (Å²) in [6.07, 6.45) is 4.14. The Morgan fingerprint density at radius 2 is 1.86 bits per heavy atom. The number of tetrazole rings is 1. The van der Waals surface area contributed by atoms with Crippen LogP contribution in [0.4, 0.5) is 5.69 Å². The first-order valence-electron chi connectivity index (χ1n) is 14.0. The molecule has 4 aromatic rings. The summed E-state index contributed by atoms with van der Waals surface area (Å²) in [6, 6.07) is 23.3. The van der Waals surface area contributed by atoms with E-state index in [9.17, 15) is 9.59 Å². The molecule has 2 heterocycles. The largest absolute Gasteiger partial charge is 0.465 e. The zero-order valence-corrected chi connectivity index (χ0v) is 24.3. The summed E-state index contributed by atoms with van der Waals surface area (Å²) in [5.41, 5.74) is 5.64. The van der Waals surface area contributed by atoms with Crippen LogP contribution in [0.3, 0.4) is 0 Å². The molecular formula is C33H34N6O3. The lowest BCUT2D eigenvalue weighted by atomic mass is 9.82. The number of nitrogens with one attached hydrogen (secondary N) is 1. The first kappa shape index (κ1) is 28.6. The van der Waals surface area contributed by atoms with E-state index in [4.69, 9.17) is 9.73 Å². The van der Waals surface area contributed by atoms with Gasteiger partial charge in [-0.3, -0.25) is 0 Å². The molecule has 5 rings (SSSR count). The molecule has 1 atom stereocenters. The number of hydrogen-bond acceptors (Lipinski definition) is 8. The minimum absolute atomic E-state index is 0.401. The smallest absolute Gasteiger partial charge is 0.337 e. The Bertz CT molecular complexity index is 1650. The maximum Gasteiger partial charge on any atom is 0.337 e. The molecule has 1 unspecified atom stereocenters. The molecule has 0 aliphatic carbocycles. The summed E-state index contributed by atoms with van der Waals surface area (Å²) in [5, 5.41) is 14.9. The summed E-state index contributed by atoms with van der Waals surface area (Å²) in [5.74, 6) is 0.769. The number of aliphatic imine (C=N–C) groups is 1. The fourth-order valence-corrected chi connectivity index (χ4v) is 5.62. The van der Waals surface area contributed by atoms with E-state index in [0.717, 1.165) is 64.8 Å². The number of ether oxygens (including phenoxy) is 1. The second-order valence-electron chi connectivity index (χ2n) is 10.5. The minimum Gasteiger partial charge on any atom is -0.465 e. The number of nitrogens with zero attached hydrogens (tertiary/aromatic N) is 5. The van der Waals surface area contributed by atoms with Crippen molar-refractivity contribution in [3.63, 3.8) is 0 Å². The highest BCUT2D eigenvalue weighted by atomic mass is 16.5. The number of anilines is 1. The second-order valence-corrected chi connectivity index (χ2v) is 10.5. The average molecular weight is 563 g/mol. The van der Waals surface area contributed by atoms with E-state index >= 15 is 0 Å². The number of carbonyl (C=O) groups excluding carboxylic acids is 2. The number of benzene rings is 3. The lowest BCUT2D eigenvalue weighted by Crippen LogP contribution is -2.55. The van der Waals surface area contributed by atoms with E-state index in [0.29, 0.717) is 23.6 Å². The fraction of sp³-hybridized carbons (Fsp3) is 0.273. The maximum absolute atomic E-state index is 13.2. The zero-order valence-electron chi connectivity index (χ0n) is 24.3. The number of carbonyl (C=O) groups is 2. The van der Waals surface area contributed by atoms with Gasteiger partial charge >= 0.3 is 5.97 Å². The van der Waals surface area contributed by atoms with Crippen LogP contribution in [0.15, 0.2) is 89.1 Å². The van der Waals surface area contributed by atoms with Crippen LogP contribution in [-0.4, -0.2) is 51.4 Å². The van der Waals surface area contributed by atoms with Gasteiger partial charge in [0, 0.05) is 16.9 Å². The van der Waals surface area contributed by atoms with Crippen molar-refractivity contribution in [1.82, 2.24) is 20.6 Å². The molecule has 0 saturated carbocycles. The van der Waals surface area contributed by atoms with Gasteiger partial charge in [0.05, 0.1) is 12.7 Å². The van der Waals surface area contributed by atoms with E-state index in [2.05, 4.69) is 27.5 Å². The maximum atomic E-state index is 13.2. The van der Waals surface area contributed by atoms with Gasteiger partial charge in [0.2, 0.25) is 5.82 Å². The van der Waals surface area contributed by atoms with Gasteiger partial charge in [-0.25, -0.2) is 9.79 Å². The first-order chi connectivity index (χ1) is 20.4. The normalized spacial score (nSPS) is 16.8. The van der Waals surface area contributed by atoms with Crippen molar-refractivity contribution in [1.29, 1.82) is 0 Å². The molecule has 1 aliphatic rings. The highest BCUT2D eigenvalue weighted by Gasteiger charge is 2.42. The zero-order chi connectivity index (χ0) is 29.7. The molecule has 3 aromatic carbocycles. The molecule has 0 radical (unpaired) electrons. The van der Waals surface area contributed by atoms with Crippen molar-refractivity contribution < 1.29 is 14.3 Å². The van der Waals surface area contributed by atoms with Crippen LogP contribution in [0.2, 0.25) is 0 Å². The number of methoxy groups -OCH3 is 1. The highest BCUT2D eigenvalue weighted by molar-refractivity contribution is 6.05. The molecule has 0 spiro atoms. The minimum atomic E-state index is -1.04. The van der Waals surface area contributed by atoms with E-state index < -0.39 is 11.5 Å². The standard InChI is InChI=1S/C33H34N6O3/c1-5-6-15-30-29(19-23-11-10-14-25(18-23)32(41)42-4)33(3,21-40)39(22(2)34-30)26-16-17-27(24-12-8-7-9-13-24)28(20-26)31-35-37-38-36-31/h7-14,16-18,20-21H,5-6,15,19H2,1-4H3,(H,35,36,37,38). The summed E-state index contributed by atoms with van der Waals surface area (Å²) in [7, 11) is 1.37. The highest BCUT2D eigenvalue weighted by Crippen LogP contribution is 2.41. The third kappa shape index (κ3) is 5.50. The van der Waals surface area contributed by atoms with Crippen LogP contribution < -0.4 is 4.90 Å². The third-order valence-electron chi connectivity index (χ3n) is 7.70. The summed E-state index contributed by atoms with van der Waals surface area (Å²) in [6.45, 7) is 6.00. The number of unbranched alkanes of at least 4 members (excludes halogenated alkanes) is 1. The molecule has 0 saturated heterocycles. The van der Waals surface area contributed by atoms with Crippen molar-refractivity contribution >= 4 is 23.8 Å². The fourth-order valence-electron chi connectivity index (χ4n) is 5.62. The Morgan fingerprint density at radius 1 is 1.05 bits per heavy atom. The van der Waals surface area contributed by atoms with Gasteiger partial charge in [-0.2, -0.15) is 5.21 Å². The van der Waals surface area contributed by atoms with E-state index in [1.165, 1.54) is 7.11 Å².